The molecule has 0 saturated carbocycles. The van der Waals surface area contributed by atoms with Gasteiger partial charge in [0, 0.05) is 6.42 Å². The second-order valence-corrected chi connectivity index (χ2v) is 6.30. The lowest BCUT2D eigenvalue weighted by Crippen LogP contribution is -2.55. The van der Waals surface area contributed by atoms with Crippen LogP contribution in [0.3, 0.4) is 0 Å². The van der Waals surface area contributed by atoms with Gasteiger partial charge in [-0.1, -0.05) is 13.8 Å². The molecule has 0 aliphatic heterocycles. The van der Waals surface area contributed by atoms with Crippen LogP contribution in [0.1, 0.15) is 39.5 Å². The zero-order chi connectivity index (χ0) is 20.4. The van der Waals surface area contributed by atoms with E-state index in [0.29, 0.717) is 0 Å². The maximum atomic E-state index is 12.3. The molecule has 0 aromatic heterocycles. The van der Waals surface area contributed by atoms with Crippen molar-refractivity contribution in [3.05, 3.63) is 0 Å². The molecule has 0 fully saturated rings. The fourth-order valence-electron chi connectivity index (χ4n) is 2.09. The molecule has 0 rings (SSSR count). The van der Waals surface area contributed by atoms with Gasteiger partial charge in [-0.15, -0.1) is 0 Å². The normalized spacial score (nSPS) is 14.2. The van der Waals surface area contributed by atoms with E-state index in [0.717, 1.165) is 0 Å². The minimum Gasteiger partial charge on any atom is -0.481 e. The molecule has 0 heterocycles. The van der Waals surface area contributed by atoms with E-state index in [2.05, 4.69) is 10.6 Å². The number of carbonyl (C=O) groups excluding carboxylic acids is 3. The van der Waals surface area contributed by atoms with Crippen LogP contribution in [0.2, 0.25) is 0 Å². The lowest BCUT2D eigenvalue weighted by atomic mass is 10.0. The second-order valence-electron chi connectivity index (χ2n) is 6.30. The molecular weight excluding hydrogens is 348 g/mol. The third kappa shape index (κ3) is 9.57. The Hall–Kier alpha value is -2.69. The van der Waals surface area contributed by atoms with Crippen molar-refractivity contribution in [2.24, 2.45) is 17.4 Å². The molecule has 0 aliphatic carbocycles. The van der Waals surface area contributed by atoms with Gasteiger partial charge < -0.3 is 32.3 Å². The summed E-state index contributed by atoms with van der Waals surface area (Å²) in [6.07, 6.45) is -0.966. The van der Waals surface area contributed by atoms with Crippen molar-refractivity contribution in [3.8, 4) is 0 Å². The molecule has 0 spiro atoms. The maximum absolute atomic E-state index is 12.3. The van der Waals surface area contributed by atoms with E-state index < -0.39 is 60.6 Å². The van der Waals surface area contributed by atoms with Crippen LogP contribution in [0.15, 0.2) is 0 Å². The number of carboxylic acid groups (broad SMARTS) is 2. The Morgan fingerprint density at radius 1 is 0.962 bits per heavy atom. The molecule has 3 amide bonds. The average Bonchev–Trinajstić information content (AvgIpc) is 2.48. The van der Waals surface area contributed by atoms with Gasteiger partial charge in [-0.3, -0.25) is 19.2 Å². The molecule has 0 unspecified atom stereocenters. The van der Waals surface area contributed by atoms with E-state index in [-0.39, 0.29) is 18.8 Å². The van der Waals surface area contributed by atoms with Crippen LogP contribution in [-0.4, -0.2) is 58.0 Å². The summed E-state index contributed by atoms with van der Waals surface area (Å²) in [6.45, 7) is 3.57. The monoisotopic (exact) mass is 374 g/mol. The van der Waals surface area contributed by atoms with Gasteiger partial charge in [0.2, 0.25) is 17.7 Å². The molecule has 0 saturated heterocycles. The van der Waals surface area contributed by atoms with Crippen LogP contribution < -0.4 is 22.1 Å². The Morgan fingerprint density at radius 2 is 1.50 bits per heavy atom. The van der Waals surface area contributed by atoms with Gasteiger partial charge >= 0.3 is 11.9 Å². The van der Waals surface area contributed by atoms with Gasteiger partial charge in [0.05, 0.1) is 12.5 Å². The van der Waals surface area contributed by atoms with E-state index in [1.165, 1.54) is 0 Å². The number of nitrogens with two attached hydrogens (primary N) is 2. The first-order valence-corrected chi connectivity index (χ1v) is 8.03. The van der Waals surface area contributed by atoms with Gasteiger partial charge in [-0.25, -0.2) is 4.79 Å². The zero-order valence-electron chi connectivity index (χ0n) is 14.7. The summed E-state index contributed by atoms with van der Waals surface area (Å²) < 4.78 is 0. The predicted octanol–water partition coefficient (Wildman–Crippen LogP) is -1.85. The number of carbonyl (C=O) groups is 5. The number of aliphatic carboxylic acids is 2. The summed E-state index contributed by atoms with van der Waals surface area (Å²) in [5.41, 5.74) is 10.5. The highest BCUT2D eigenvalue weighted by atomic mass is 16.4. The largest absolute Gasteiger partial charge is 0.481 e. The molecule has 3 atom stereocenters. The van der Waals surface area contributed by atoms with Crippen molar-refractivity contribution in [1.82, 2.24) is 10.6 Å². The zero-order valence-corrected chi connectivity index (χ0v) is 14.7. The fourth-order valence-corrected chi connectivity index (χ4v) is 2.09. The van der Waals surface area contributed by atoms with E-state index in [1.54, 1.807) is 13.8 Å². The molecule has 148 valence electrons. The number of carboxylic acids is 2. The molecule has 0 bridgehead atoms. The molecule has 11 nitrogen and oxygen atoms in total. The molecule has 0 radical (unpaired) electrons. The summed E-state index contributed by atoms with van der Waals surface area (Å²) >= 11 is 0. The van der Waals surface area contributed by atoms with Gasteiger partial charge in [-0.2, -0.15) is 0 Å². The van der Waals surface area contributed by atoms with E-state index in [1.807, 2.05) is 0 Å². The average molecular weight is 374 g/mol. The smallest absolute Gasteiger partial charge is 0.326 e. The highest BCUT2D eigenvalue weighted by Crippen LogP contribution is 2.07. The Morgan fingerprint density at radius 3 is 1.92 bits per heavy atom. The Bertz CT molecular complexity index is 550. The number of primary amides is 1. The Balaban J connectivity index is 5.05. The van der Waals surface area contributed by atoms with Gasteiger partial charge in [0.1, 0.15) is 12.1 Å². The second kappa shape index (κ2) is 11.0. The molecule has 0 aliphatic rings. The topological polar surface area (TPSA) is 202 Å². The van der Waals surface area contributed by atoms with Crippen LogP contribution in [0.25, 0.3) is 0 Å². The van der Waals surface area contributed by atoms with Crippen LogP contribution in [0.5, 0.6) is 0 Å². The molecule has 26 heavy (non-hydrogen) atoms. The summed E-state index contributed by atoms with van der Waals surface area (Å²) in [5.74, 6) is -4.95. The Kier molecular flexibility index (Phi) is 9.89. The maximum Gasteiger partial charge on any atom is 0.326 e. The minimum atomic E-state index is -1.41. The number of rotatable bonds is 12. The van der Waals surface area contributed by atoms with Crippen molar-refractivity contribution in [2.45, 2.75) is 57.7 Å². The van der Waals surface area contributed by atoms with Gasteiger partial charge in [0.15, 0.2) is 0 Å². The highest BCUT2D eigenvalue weighted by molar-refractivity contribution is 5.93. The van der Waals surface area contributed by atoms with Crippen molar-refractivity contribution in [1.29, 1.82) is 0 Å². The minimum absolute atomic E-state index is 0.0271. The molecule has 0 aromatic carbocycles. The number of amides is 3. The SMILES string of the molecule is CC(C)C[C@H](NC(=O)[C@@H](N)CC(N)=O)C(=O)N[C@@H](CCC(=O)O)C(=O)O. The standard InChI is InChI=1S/C15H26N4O7/c1-7(2)5-10(19-13(23)8(16)6-11(17)20)14(24)18-9(15(25)26)3-4-12(21)22/h7-10H,3-6,16H2,1-2H3,(H2,17,20)(H,18,24)(H,19,23)(H,21,22)(H,25,26)/t8-,9-,10-/m0/s1. The van der Waals surface area contributed by atoms with Crippen LogP contribution >= 0.6 is 0 Å². The van der Waals surface area contributed by atoms with Crippen molar-refractivity contribution >= 4 is 29.7 Å². The first-order chi connectivity index (χ1) is 11.9. The van der Waals surface area contributed by atoms with Crippen LogP contribution in [0.4, 0.5) is 0 Å². The predicted molar refractivity (Wildman–Crippen MR) is 89.6 cm³/mol. The van der Waals surface area contributed by atoms with Crippen LogP contribution in [-0.2, 0) is 24.0 Å². The lowest BCUT2D eigenvalue weighted by Gasteiger charge is -2.23. The summed E-state index contributed by atoms with van der Waals surface area (Å²) in [4.78, 5) is 56.9. The van der Waals surface area contributed by atoms with E-state index >= 15 is 0 Å². The number of hydrogen-bond donors (Lipinski definition) is 6. The van der Waals surface area contributed by atoms with Crippen molar-refractivity contribution in [2.75, 3.05) is 0 Å². The van der Waals surface area contributed by atoms with E-state index in [9.17, 15) is 24.0 Å². The summed E-state index contributed by atoms with van der Waals surface area (Å²) in [7, 11) is 0. The third-order valence-electron chi connectivity index (χ3n) is 3.36. The number of nitrogens with one attached hydrogen (secondary N) is 2. The molecule has 8 N–H and O–H groups in total. The van der Waals surface area contributed by atoms with Crippen LogP contribution in [0, 0.1) is 5.92 Å². The van der Waals surface area contributed by atoms with Gasteiger partial charge in [0.25, 0.3) is 0 Å². The Labute approximate surface area is 150 Å². The quantitative estimate of drug-likeness (QED) is 0.228. The lowest BCUT2D eigenvalue weighted by molar-refractivity contribution is -0.143. The first-order valence-electron chi connectivity index (χ1n) is 8.03. The highest BCUT2D eigenvalue weighted by Gasteiger charge is 2.29. The fraction of sp³-hybridized carbons (Fsp3) is 0.667. The molecular formula is C15H26N4O7. The summed E-state index contributed by atoms with van der Waals surface area (Å²) in [6, 6.07) is -3.74. The summed E-state index contributed by atoms with van der Waals surface area (Å²) in [5, 5.41) is 22.3. The molecule has 0 aromatic rings. The molecule has 11 heteroatoms. The van der Waals surface area contributed by atoms with Crippen molar-refractivity contribution in [3.63, 3.8) is 0 Å². The van der Waals surface area contributed by atoms with Crippen molar-refractivity contribution < 1.29 is 34.2 Å². The first kappa shape index (κ1) is 23.3. The van der Waals surface area contributed by atoms with Gasteiger partial charge in [-0.05, 0) is 18.8 Å². The van der Waals surface area contributed by atoms with E-state index in [4.69, 9.17) is 21.7 Å². The number of hydrogen-bond acceptors (Lipinski definition) is 6. The third-order valence-corrected chi connectivity index (χ3v) is 3.36.